The predicted octanol–water partition coefficient (Wildman–Crippen LogP) is 4.73. The molecule has 0 N–H and O–H groups in total. The van der Waals surface area contributed by atoms with E-state index in [0.29, 0.717) is 0 Å². The van der Waals surface area contributed by atoms with Crippen LogP contribution in [0.2, 0.25) is 0 Å². The zero-order valence-corrected chi connectivity index (χ0v) is 13.8. The smallest absolute Gasteiger partial charge is 0.258 e. The van der Waals surface area contributed by atoms with Gasteiger partial charge in [-0.3, -0.25) is 20.2 Å². The molecule has 0 bridgehead atoms. The van der Waals surface area contributed by atoms with Gasteiger partial charge in [0, 0.05) is 12.2 Å². The second-order valence-corrected chi connectivity index (χ2v) is 5.16. The molecule has 0 radical (unpaired) electrons. The van der Waals surface area contributed by atoms with E-state index in [1.54, 1.807) is 12.2 Å². The molecular formula is C20H16N2O4. The van der Waals surface area contributed by atoms with Crippen LogP contribution in [0.1, 0.15) is 11.1 Å². The first kappa shape index (κ1) is 18.5. The van der Waals surface area contributed by atoms with Crippen LogP contribution in [0.15, 0.2) is 96.4 Å². The van der Waals surface area contributed by atoms with Gasteiger partial charge >= 0.3 is 11.4 Å². The highest BCUT2D eigenvalue weighted by atomic mass is 16.6. The van der Waals surface area contributed by atoms with E-state index in [-0.39, 0.29) is 0 Å². The number of nitrogens with zero attached hydrogens (tertiary/aromatic N) is 2. The minimum absolute atomic E-state index is 0.583. The van der Waals surface area contributed by atoms with Crippen LogP contribution in [0.4, 0.5) is 0 Å². The molecule has 2 rings (SSSR count). The molecule has 0 atom stereocenters. The molecule has 2 aromatic rings. The first-order valence-corrected chi connectivity index (χ1v) is 7.74. The lowest BCUT2D eigenvalue weighted by Crippen LogP contribution is -2.09. The maximum atomic E-state index is 11.3. The number of rotatable bonds is 7. The van der Waals surface area contributed by atoms with Crippen molar-refractivity contribution in [2.45, 2.75) is 0 Å². The molecule has 0 unspecified atom stereocenters. The minimum Gasteiger partial charge on any atom is -0.258 e. The predicted molar refractivity (Wildman–Crippen MR) is 101 cm³/mol. The molecule has 2 aromatic carbocycles. The van der Waals surface area contributed by atoms with Crippen molar-refractivity contribution in [2.75, 3.05) is 0 Å². The average molecular weight is 348 g/mol. The second-order valence-electron chi connectivity index (χ2n) is 5.16. The standard InChI is InChI=1S/C20H16N2O4/c23-21(24)19(15-7-13-17-9-3-1-4-10-17)20(22(25)26)16-8-14-18-11-5-2-6-12-18/h1-16H/b13-7-,14-8+,19-15+,20-16+. The molecular weight excluding hydrogens is 332 g/mol. The third-order valence-corrected chi connectivity index (χ3v) is 3.34. The van der Waals surface area contributed by atoms with Gasteiger partial charge in [-0.05, 0) is 11.1 Å². The molecule has 0 heterocycles. The quantitative estimate of drug-likeness (QED) is 0.411. The van der Waals surface area contributed by atoms with Gasteiger partial charge in [0.15, 0.2) is 0 Å². The fourth-order valence-electron chi connectivity index (χ4n) is 2.11. The van der Waals surface area contributed by atoms with Gasteiger partial charge in [0.05, 0.1) is 9.85 Å². The maximum absolute atomic E-state index is 11.3. The first-order valence-electron chi connectivity index (χ1n) is 7.74. The summed E-state index contributed by atoms with van der Waals surface area (Å²) in [5, 5.41) is 22.5. The van der Waals surface area contributed by atoms with E-state index in [0.717, 1.165) is 23.3 Å². The molecule has 0 aliphatic rings. The first-order chi connectivity index (χ1) is 12.6. The van der Waals surface area contributed by atoms with Crippen molar-refractivity contribution < 1.29 is 9.85 Å². The van der Waals surface area contributed by atoms with Crippen molar-refractivity contribution in [1.82, 2.24) is 0 Å². The van der Waals surface area contributed by atoms with Crippen molar-refractivity contribution in [3.05, 3.63) is 128 Å². The summed E-state index contributed by atoms with van der Waals surface area (Å²) < 4.78 is 0. The molecule has 0 saturated carbocycles. The molecule has 6 nitrogen and oxygen atoms in total. The fourth-order valence-corrected chi connectivity index (χ4v) is 2.11. The largest absolute Gasteiger partial charge is 0.346 e. The van der Waals surface area contributed by atoms with Crippen LogP contribution in [0.3, 0.4) is 0 Å². The van der Waals surface area contributed by atoms with Crippen LogP contribution in [0.25, 0.3) is 12.2 Å². The summed E-state index contributed by atoms with van der Waals surface area (Å²) in [6, 6.07) is 18.3. The fraction of sp³-hybridized carbons (Fsp3) is 0. The molecule has 0 spiro atoms. The van der Waals surface area contributed by atoms with Crippen molar-refractivity contribution in [3.63, 3.8) is 0 Å². The summed E-state index contributed by atoms with van der Waals surface area (Å²) in [6.07, 6.45) is 8.37. The van der Waals surface area contributed by atoms with Gasteiger partial charge in [-0.25, -0.2) is 0 Å². The molecule has 0 saturated heterocycles. The summed E-state index contributed by atoms with van der Waals surface area (Å²) in [4.78, 5) is 21.0. The number of benzene rings is 2. The lowest BCUT2D eigenvalue weighted by Gasteiger charge is -1.95. The van der Waals surface area contributed by atoms with E-state index in [1.807, 2.05) is 60.7 Å². The maximum Gasteiger partial charge on any atom is 0.346 e. The van der Waals surface area contributed by atoms with Crippen molar-refractivity contribution in [3.8, 4) is 0 Å². The Bertz CT molecular complexity index is 807. The van der Waals surface area contributed by atoms with E-state index in [4.69, 9.17) is 0 Å². The van der Waals surface area contributed by atoms with E-state index < -0.39 is 21.2 Å². The van der Waals surface area contributed by atoms with E-state index in [2.05, 4.69) is 0 Å². The Morgan fingerprint density at radius 1 is 0.654 bits per heavy atom. The molecule has 0 amide bonds. The van der Waals surface area contributed by atoms with E-state index in [9.17, 15) is 20.2 Å². The average Bonchev–Trinajstić information content (AvgIpc) is 2.64. The van der Waals surface area contributed by atoms with Gasteiger partial charge in [0.1, 0.15) is 0 Å². The highest BCUT2D eigenvalue weighted by Gasteiger charge is 2.27. The molecule has 0 aromatic heterocycles. The lowest BCUT2D eigenvalue weighted by molar-refractivity contribution is -0.479. The monoisotopic (exact) mass is 348 g/mol. The van der Waals surface area contributed by atoms with Gasteiger partial charge in [0.2, 0.25) is 0 Å². The van der Waals surface area contributed by atoms with Crippen LogP contribution in [-0.2, 0) is 0 Å². The van der Waals surface area contributed by atoms with Crippen LogP contribution in [0, 0.1) is 20.2 Å². The van der Waals surface area contributed by atoms with Crippen LogP contribution >= 0.6 is 0 Å². The zero-order chi connectivity index (χ0) is 18.8. The summed E-state index contributed by atoms with van der Waals surface area (Å²) in [6.45, 7) is 0. The number of nitro groups is 2. The minimum atomic E-state index is -0.764. The Morgan fingerprint density at radius 2 is 1.00 bits per heavy atom. The summed E-state index contributed by atoms with van der Waals surface area (Å²) in [7, 11) is 0. The van der Waals surface area contributed by atoms with Gasteiger partial charge in [-0.15, -0.1) is 0 Å². The highest BCUT2D eigenvalue weighted by molar-refractivity contribution is 5.53. The Hall–Kier alpha value is -3.80. The Morgan fingerprint density at radius 3 is 1.31 bits per heavy atom. The summed E-state index contributed by atoms with van der Waals surface area (Å²) in [5.74, 6) is 0. The Labute approximate surface area is 150 Å². The zero-order valence-electron chi connectivity index (χ0n) is 13.8. The van der Waals surface area contributed by atoms with Crippen molar-refractivity contribution in [1.29, 1.82) is 0 Å². The highest BCUT2D eigenvalue weighted by Crippen LogP contribution is 2.14. The molecule has 0 fully saturated rings. The normalized spacial score (nSPS) is 12.6. The molecule has 0 aliphatic heterocycles. The summed E-state index contributed by atoms with van der Waals surface area (Å²) in [5.41, 5.74) is 0.504. The molecule has 130 valence electrons. The number of hydrogen-bond donors (Lipinski definition) is 0. The molecule has 26 heavy (non-hydrogen) atoms. The van der Waals surface area contributed by atoms with E-state index in [1.165, 1.54) is 12.2 Å². The van der Waals surface area contributed by atoms with E-state index >= 15 is 0 Å². The van der Waals surface area contributed by atoms with Crippen LogP contribution in [-0.4, -0.2) is 9.85 Å². The topological polar surface area (TPSA) is 86.3 Å². The lowest BCUT2D eigenvalue weighted by atomic mass is 10.2. The van der Waals surface area contributed by atoms with Crippen LogP contribution < -0.4 is 0 Å². The molecule has 6 heteroatoms. The third kappa shape index (κ3) is 5.68. The Kier molecular flexibility index (Phi) is 6.76. The van der Waals surface area contributed by atoms with Gasteiger partial charge in [-0.1, -0.05) is 85.0 Å². The summed E-state index contributed by atoms with van der Waals surface area (Å²) >= 11 is 0. The van der Waals surface area contributed by atoms with Gasteiger partial charge in [-0.2, -0.15) is 0 Å². The van der Waals surface area contributed by atoms with Gasteiger partial charge in [0.25, 0.3) is 0 Å². The van der Waals surface area contributed by atoms with Crippen molar-refractivity contribution >= 4 is 12.2 Å². The van der Waals surface area contributed by atoms with Gasteiger partial charge < -0.3 is 0 Å². The second kappa shape index (κ2) is 9.48. The van der Waals surface area contributed by atoms with Crippen LogP contribution in [0.5, 0.6) is 0 Å². The number of hydrogen-bond acceptors (Lipinski definition) is 4. The number of allylic oxidation sites excluding steroid dienone is 4. The molecule has 0 aliphatic carbocycles. The Balaban J connectivity index is 2.28. The SMILES string of the molecule is O=[N+]([O-])C(=C/C=C\c1ccccc1)/C(=C\C=C\c1ccccc1)[N+](=O)[O-]. The third-order valence-electron chi connectivity index (χ3n) is 3.34. The van der Waals surface area contributed by atoms with Crippen molar-refractivity contribution in [2.24, 2.45) is 0 Å².